The first-order chi connectivity index (χ1) is 15.7. The second-order valence-electron chi connectivity index (χ2n) is 9.20. The highest BCUT2D eigenvalue weighted by atomic mass is 19.1. The van der Waals surface area contributed by atoms with Crippen LogP contribution in [0.5, 0.6) is 0 Å². The van der Waals surface area contributed by atoms with Crippen LogP contribution in [0.1, 0.15) is 41.1 Å². The number of nitrogens with zero attached hydrogens (tertiary/aromatic N) is 3. The van der Waals surface area contributed by atoms with Crippen molar-refractivity contribution in [2.75, 3.05) is 57.4 Å². The molecule has 3 fully saturated rings. The molecule has 0 N–H and O–H groups in total. The van der Waals surface area contributed by atoms with Gasteiger partial charge in [-0.2, -0.15) is 0 Å². The summed E-state index contributed by atoms with van der Waals surface area (Å²) >= 11 is 0. The van der Waals surface area contributed by atoms with Crippen LogP contribution in [0, 0.1) is 5.82 Å². The van der Waals surface area contributed by atoms with E-state index in [0.29, 0.717) is 38.3 Å². The molecule has 170 valence electrons. The summed E-state index contributed by atoms with van der Waals surface area (Å²) in [4.78, 5) is 19.6. The molecule has 2 aromatic rings. The van der Waals surface area contributed by atoms with Crippen molar-refractivity contribution >= 4 is 11.6 Å². The highest BCUT2D eigenvalue weighted by molar-refractivity contribution is 5.94. The van der Waals surface area contributed by atoms with Crippen LogP contribution in [0.15, 0.2) is 48.5 Å². The van der Waals surface area contributed by atoms with Crippen LogP contribution in [0.25, 0.3) is 0 Å². The predicted molar refractivity (Wildman–Crippen MR) is 124 cm³/mol. The van der Waals surface area contributed by atoms with Crippen LogP contribution in [0.3, 0.4) is 0 Å². The predicted octanol–water partition coefficient (Wildman–Crippen LogP) is 3.76. The molecule has 0 aromatic heterocycles. The minimum Gasteiger partial charge on any atom is -0.378 e. The summed E-state index contributed by atoms with van der Waals surface area (Å²) in [6, 6.07) is 15.8. The molecule has 3 aliphatic rings. The zero-order valence-corrected chi connectivity index (χ0v) is 18.6. The van der Waals surface area contributed by atoms with E-state index in [1.165, 1.54) is 11.3 Å². The maximum atomic E-state index is 13.2. The first kappa shape index (κ1) is 21.4. The Hall–Kier alpha value is -2.44. The van der Waals surface area contributed by atoms with Crippen LogP contribution in [0.4, 0.5) is 10.1 Å². The van der Waals surface area contributed by atoms with Gasteiger partial charge in [-0.3, -0.25) is 9.69 Å². The summed E-state index contributed by atoms with van der Waals surface area (Å²) in [5, 5.41) is 0. The first-order valence-corrected chi connectivity index (χ1v) is 11.9. The SMILES string of the molecule is O=C(c1ccc(N2CCC(N3CC[C@H](c4ccc(F)cc4)C3)CC2)cc1)N1CCOCC1. The molecule has 32 heavy (non-hydrogen) atoms. The lowest BCUT2D eigenvalue weighted by Crippen LogP contribution is -2.44. The number of carbonyl (C=O) groups excluding carboxylic acids is 1. The largest absolute Gasteiger partial charge is 0.378 e. The third-order valence-corrected chi connectivity index (χ3v) is 7.32. The monoisotopic (exact) mass is 437 g/mol. The average molecular weight is 438 g/mol. The third-order valence-electron chi connectivity index (χ3n) is 7.32. The second-order valence-corrected chi connectivity index (χ2v) is 9.20. The maximum absolute atomic E-state index is 13.2. The van der Waals surface area contributed by atoms with Gasteiger partial charge >= 0.3 is 0 Å². The number of hydrogen-bond donors (Lipinski definition) is 0. The number of benzene rings is 2. The second kappa shape index (κ2) is 9.59. The fraction of sp³-hybridized carbons (Fsp3) is 0.500. The van der Waals surface area contributed by atoms with Gasteiger partial charge in [-0.15, -0.1) is 0 Å². The van der Waals surface area contributed by atoms with Crippen LogP contribution in [0.2, 0.25) is 0 Å². The molecular formula is C26H32FN3O2. The molecule has 1 amide bonds. The van der Waals surface area contributed by atoms with E-state index in [2.05, 4.69) is 21.9 Å². The fourth-order valence-electron chi connectivity index (χ4n) is 5.38. The molecule has 2 aromatic carbocycles. The zero-order chi connectivity index (χ0) is 21.9. The van der Waals surface area contributed by atoms with E-state index >= 15 is 0 Å². The number of amides is 1. The van der Waals surface area contributed by atoms with Crippen molar-refractivity contribution < 1.29 is 13.9 Å². The topological polar surface area (TPSA) is 36.0 Å². The van der Waals surface area contributed by atoms with E-state index in [-0.39, 0.29) is 11.7 Å². The van der Waals surface area contributed by atoms with E-state index < -0.39 is 0 Å². The Morgan fingerprint density at radius 3 is 2.22 bits per heavy atom. The van der Waals surface area contributed by atoms with Crippen LogP contribution >= 0.6 is 0 Å². The Balaban J connectivity index is 1.13. The van der Waals surface area contributed by atoms with E-state index in [9.17, 15) is 9.18 Å². The molecule has 3 aliphatic heterocycles. The molecule has 6 heteroatoms. The van der Waals surface area contributed by atoms with Crippen molar-refractivity contribution in [3.05, 3.63) is 65.5 Å². The minimum atomic E-state index is -0.158. The minimum absolute atomic E-state index is 0.100. The Morgan fingerprint density at radius 1 is 0.844 bits per heavy atom. The molecule has 0 saturated carbocycles. The van der Waals surface area contributed by atoms with Crippen molar-refractivity contribution in [3.8, 4) is 0 Å². The lowest BCUT2D eigenvalue weighted by molar-refractivity contribution is 0.0303. The van der Waals surface area contributed by atoms with Crippen LogP contribution in [-0.2, 0) is 4.74 Å². The van der Waals surface area contributed by atoms with Gasteiger partial charge in [0.15, 0.2) is 0 Å². The van der Waals surface area contributed by atoms with Gasteiger partial charge in [-0.05, 0) is 73.7 Å². The fourth-order valence-corrected chi connectivity index (χ4v) is 5.38. The lowest BCUT2D eigenvalue weighted by atomic mass is 9.98. The molecule has 5 nitrogen and oxygen atoms in total. The third kappa shape index (κ3) is 4.66. The number of morpholine rings is 1. The number of piperidine rings is 1. The Morgan fingerprint density at radius 2 is 1.53 bits per heavy atom. The van der Waals surface area contributed by atoms with Gasteiger partial charge in [0.2, 0.25) is 0 Å². The van der Waals surface area contributed by atoms with Gasteiger partial charge in [0.1, 0.15) is 5.82 Å². The first-order valence-electron chi connectivity index (χ1n) is 11.9. The van der Waals surface area contributed by atoms with Crippen molar-refractivity contribution in [1.82, 2.24) is 9.80 Å². The normalized spacial score (nSPS) is 23.0. The Bertz CT molecular complexity index is 904. The number of anilines is 1. The van der Waals surface area contributed by atoms with Gasteiger partial charge in [-0.25, -0.2) is 4.39 Å². The molecule has 5 rings (SSSR count). The smallest absolute Gasteiger partial charge is 0.254 e. The van der Waals surface area contributed by atoms with Crippen LogP contribution < -0.4 is 4.90 Å². The van der Waals surface area contributed by atoms with Gasteiger partial charge < -0.3 is 14.5 Å². The number of halogens is 1. The van der Waals surface area contributed by atoms with Gasteiger partial charge in [0.25, 0.3) is 5.91 Å². The summed E-state index contributed by atoms with van der Waals surface area (Å²) < 4.78 is 18.6. The van der Waals surface area contributed by atoms with Crippen molar-refractivity contribution in [2.45, 2.75) is 31.2 Å². The number of carbonyl (C=O) groups is 1. The van der Waals surface area contributed by atoms with Crippen molar-refractivity contribution in [2.24, 2.45) is 0 Å². The van der Waals surface area contributed by atoms with Crippen LogP contribution in [-0.4, -0.2) is 74.2 Å². The maximum Gasteiger partial charge on any atom is 0.254 e. The molecule has 1 atom stereocenters. The molecule has 0 aliphatic carbocycles. The van der Waals surface area contributed by atoms with E-state index in [4.69, 9.17) is 4.74 Å². The van der Waals surface area contributed by atoms with Gasteiger partial charge in [0, 0.05) is 50.0 Å². The quantitative estimate of drug-likeness (QED) is 0.730. The molecule has 0 spiro atoms. The number of rotatable bonds is 4. The molecule has 0 bridgehead atoms. The van der Waals surface area contributed by atoms with Gasteiger partial charge in [0.05, 0.1) is 13.2 Å². The summed E-state index contributed by atoms with van der Waals surface area (Å²) in [5.41, 5.74) is 3.22. The highest BCUT2D eigenvalue weighted by Crippen LogP contribution is 2.32. The molecule has 0 unspecified atom stereocenters. The Labute approximate surface area is 189 Å². The Kier molecular flexibility index (Phi) is 6.42. The van der Waals surface area contributed by atoms with Crippen molar-refractivity contribution in [3.63, 3.8) is 0 Å². The van der Waals surface area contributed by atoms with E-state index in [0.717, 1.165) is 51.0 Å². The summed E-state index contributed by atoms with van der Waals surface area (Å²) in [6.07, 6.45) is 3.47. The molecular weight excluding hydrogens is 405 g/mol. The molecule has 3 saturated heterocycles. The summed E-state index contributed by atoms with van der Waals surface area (Å²) in [6.45, 7) is 6.89. The standard InChI is InChI=1S/C26H32FN3O2/c27-23-5-1-20(2-6-23)22-9-12-30(19-22)25-10-13-28(14-11-25)24-7-3-21(4-8-24)26(31)29-15-17-32-18-16-29/h1-8,22,25H,9-19H2/t22-/m0/s1. The summed E-state index contributed by atoms with van der Waals surface area (Å²) in [5.74, 6) is 0.461. The van der Waals surface area contributed by atoms with E-state index in [1.54, 1.807) is 12.1 Å². The zero-order valence-electron chi connectivity index (χ0n) is 18.6. The van der Waals surface area contributed by atoms with Gasteiger partial charge in [-0.1, -0.05) is 12.1 Å². The average Bonchev–Trinajstić information content (AvgIpc) is 3.35. The number of ether oxygens (including phenoxy) is 1. The lowest BCUT2D eigenvalue weighted by Gasteiger charge is -2.38. The molecule has 3 heterocycles. The number of hydrogen-bond acceptors (Lipinski definition) is 4. The number of likely N-dealkylation sites (tertiary alicyclic amines) is 1. The highest BCUT2D eigenvalue weighted by Gasteiger charge is 2.31. The molecule has 0 radical (unpaired) electrons. The van der Waals surface area contributed by atoms with Crippen molar-refractivity contribution in [1.29, 1.82) is 0 Å². The summed E-state index contributed by atoms with van der Waals surface area (Å²) in [7, 11) is 0. The van der Waals surface area contributed by atoms with E-state index in [1.807, 2.05) is 29.2 Å².